The molecule has 4 heteroatoms. The van der Waals surface area contributed by atoms with Crippen molar-refractivity contribution >= 4 is 17.5 Å². The third-order valence-corrected chi connectivity index (χ3v) is 4.45. The van der Waals surface area contributed by atoms with Crippen molar-refractivity contribution in [2.75, 3.05) is 18.9 Å². The first-order valence-electron chi connectivity index (χ1n) is 10.0. The van der Waals surface area contributed by atoms with E-state index >= 15 is 0 Å². The van der Waals surface area contributed by atoms with E-state index in [1.807, 2.05) is 19.1 Å². The minimum atomic E-state index is -0.0828. The highest BCUT2D eigenvalue weighted by Crippen LogP contribution is 2.34. The van der Waals surface area contributed by atoms with Crippen molar-refractivity contribution in [1.29, 1.82) is 0 Å². The molecule has 28 heavy (non-hydrogen) atoms. The molecule has 0 aliphatic heterocycles. The van der Waals surface area contributed by atoms with E-state index in [1.165, 1.54) is 0 Å². The maximum atomic E-state index is 12.5. The molecule has 0 amide bonds. The molecular formula is C24H31NO3. The minimum Gasteiger partial charge on any atom is -0.493 e. The number of benzene rings is 2. The summed E-state index contributed by atoms with van der Waals surface area (Å²) in [6.07, 6.45) is 7.45. The highest BCUT2D eigenvalue weighted by atomic mass is 16.5. The molecule has 4 nitrogen and oxygen atoms in total. The van der Waals surface area contributed by atoms with Crippen molar-refractivity contribution in [2.45, 2.75) is 46.5 Å². The maximum Gasteiger partial charge on any atom is 0.185 e. The molecule has 2 aromatic carbocycles. The normalized spacial score (nSPS) is 11.0. The van der Waals surface area contributed by atoms with Gasteiger partial charge >= 0.3 is 0 Å². The lowest BCUT2D eigenvalue weighted by molar-refractivity contribution is 0.104. The Kier molecular flexibility index (Phi) is 8.60. The van der Waals surface area contributed by atoms with Gasteiger partial charge in [-0.05, 0) is 67.8 Å². The van der Waals surface area contributed by atoms with E-state index in [1.54, 1.807) is 36.4 Å². The molecule has 0 fully saturated rings. The van der Waals surface area contributed by atoms with E-state index in [0.29, 0.717) is 24.5 Å². The van der Waals surface area contributed by atoms with Crippen LogP contribution >= 0.6 is 0 Å². The van der Waals surface area contributed by atoms with Crippen LogP contribution in [0.4, 0.5) is 5.69 Å². The van der Waals surface area contributed by atoms with Gasteiger partial charge in [0.2, 0.25) is 0 Å². The van der Waals surface area contributed by atoms with Gasteiger partial charge in [0.25, 0.3) is 0 Å². The standard InChI is InChI=1S/C24H31NO3/c1-4-6-16-27-23-15-8-18(3)24(28-17-7-5-2)21(23)13-14-22(26)19-9-11-20(25)12-10-19/h8-15H,4-7,16-17,25H2,1-3H3/b14-13+. The number of unbranched alkanes of at least 4 members (excludes halogenated alkanes) is 2. The Morgan fingerprint density at radius 1 is 0.964 bits per heavy atom. The van der Waals surface area contributed by atoms with Crippen molar-refractivity contribution in [1.82, 2.24) is 0 Å². The van der Waals surface area contributed by atoms with Crippen LogP contribution in [-0.2, 0) is 0 Å². The summed E-state index contributed by atoms with van der Waals surface area (Å²) in [7, 11) is 0. The van der Waals surface area contributed by atoms with Crippen LogP contribution in [0, 0.1) is 6.92 Å². The minimum absolute atomic E-state index is 0.0828. The second-order valence-corrected chi connectivity index (χ2v) is 6.85. The fourth-order valence-corrected chi connectivity index (χ4v) is 2.71. The van der Waals surface area contributed by atoms with Crippen molar-refractivity contribution < 1.29 is 14.3 Å². The number of carbonyl (C=O) groups is 1. The zero-order valence-electron chi connectivity index (χ0n) is 17.2. The molecule has 0 saturated carbocycles. The Hall–Kier alpha value is -2.75. The summed E-state index contributed by atoms with van der Waals surface area (Å²) < 4.78 is 12.0. The summed E-state index contributed by atoms with van der Waals surface area (Å²) in [6.45, 7) is 7.55. The van der Waals surface area contributed by atoms with Gasteiger partial charge in [-0.25, -0.2) is 0 Å². The predicted molar refractivity (Wildman–Crippen MR) is 116 cm³/mol. The molecule has 0 bridgehead atoms. The lowest BCUT2D eigenvalue weighted by atomic mass is 10.1. The second kappa shape index (κ2) is 11.2. The number of anilines is 1. The van der Waals surface area contributed by atoms with E-state index in [2.05, 4.69) is 13.8 Å². The third kappa shape index (κ3) is 6.15. The Morgan fingerprint density at radius 3 is 2.25 bits per heavy atom. The van der Waals surface area contributed by atoms with E-state index in [-0.39, 0.29) is 5.78 Å². The monoisotopic (exact) mass is 381 g/mol. The summed E-state index contributed by atoms with van der Waals surface area (Å²) in [5.74, 6) is 1.44. The van der Waals surface area contributed by atoms with Crippen LogP contribution < -0.4 is 15.2 Å². The zero-order chi connectivity index (χ0) is 20.4. The molecular weight excluding hydrogens is 350 g/mol. The SMILES string of the molecule is CCCCOc1ccc(C)c(OCCCC)c1/C=C/C(=O)c1ccc(N)cc1. The lowest BCUT2D eigenvalue weighted by Crippen LogP contribution is -2.04. The largest absolute Gasteiger partial charge is 0.493 e. The molecule has 0 aliphatic carbocycles. The van der Waals surface area contributed by atoms with Crippen LogP contribution in [-0.4, -0.2) is 19.0 Å². The smallest absolute Gasteiger partial charge is 0.185 e. The van der Waals surface area contributed by atoms with Crippen LogP contribution in [0.25, 0.3) is 6.08 Å². The van der Waals surface area contributed by atoms with Gasteiger partial charge in [0.15, 0.2) is 5.78 Å². The molecule has 0 radical (unpaired) electrons. The number of aryl methyl sites for hydroxylation is 1. The molecule has 0 spiro atoms. The Morgan fingerprint density at radius 2 is 1.61 bits per heavy atom. The fourth-order valence-electron chi connectivity index (χ4n) is 2.71. The molecule has 0 heterocycles. The number of ketones is 1. The fraction of sp³-hybridized carbons (Fsp3) is 0.375. The molecule has 150 valence electrons. The van der Waals surface area contributed by atoms with Crippen LogP contribution in [0.3, 0.4) is 0 Å². The summed E-state index contributed by atoms with van der Waals surface area (Å²) in [5, 5.41) is 0. The number of nitrogens with two attached hydrogens (primary N) is 1. The summed E-state index contributed by atoms with van der Waals surface area (Å²) in [4.78, 5) is 12.5. The zero-order valence-corrected chi connectivity index (χ0v) is 17.2. The molecule has 2 rings (SSSR count). The molecule has 2 N–H and O–H groups in total. The molecule has 0 aliphatic rings. The molecule has 0 atom stereocenters. The van der Waals surface area contributed by atoms with Gasteiger partial charge in [-0.3, -0.25) is 4.79 Å². The Balaban J connectivity index is 2.31. The van der Waals surface area contributed by atoms with Gasteiger partial charge in [0.05, 0.1) is 18.8 Å². The number of rotatable bonds is 11. The van der Waals surface area contributed by atoms with Gasteiger partial charge < -0.3 is 15.2 Å². The third-order valence-electron chi connectivity index (χ3n) is 4.45. The van der Waals surface area contributed by atoms with E-state index in [4.69, 9.17) is 15.2 Å². The maximum absolute atomic E-state index is 12.5. The predicted octanol–water partition coefficient (Wildman–Crippen LogP) is 5.83. The van der Waals surface area contributed by atoms with Crippen LogP contribution in [0.2, 0.25) is 0 Å². The first-order valence-corrected chi connectivity index (χ1v) is 10.0. The second-order valence-electron chi connectivity index (χ2n) is 6.85. The Bertz CT molecular complexity index is 794. The van der Waals surface area contributed by atoms with Crippen molar-refractivity contribution in [3.8, 4) is 11.5 Å². The number of ether oxygens (including phenoxy) is 2. The average Bonchev–Trinajstić information content (AvgIpc) is 2.69. The Labute approximate surface area is 168 Å². The first kappa shape index (κ1) is 21.5. The van der Waals surface area contributed by atoms with Crippen molar-refractivity contribution in [3.63, 3.8) is 0 Å². The van der Waals surface area contributed by atoms with Crippen molar-refractivity contribution in [3.05, 3.63) is 59.2 Å². The molecule has 0 saturated heterocycles. The topological polar surface area (TPSA) is 61.5 Å². The summed E-state index contributed by atoms with van der Waals surface area (Å²) >= 11 is 0. The molecule has 0 aromatic heterocycles. The van der Waals surface area contributed by atoms with E-state index in [0.717, 1.165) is 48.3 Å². The number of allylic oxidation sites excluding steroid dienone is 1. The van der Waals surface area contributed by atoms with Gasteiger partial charge in [-0.2, -0.15) is 0 Å². The summed E-state index contributed by atoms with van der Waals surface area (Å²) in [6, 6.07) is 10.9. The van der Waals surface area contributed by atoms with Crippen LogP contribution in [0.15, 0.2) is 42.5 Å². The van der Waals surface area contributed by atoms with Crippen LogP contribution in [0.5, 0.6) is 11.5 Å². The highest BCUT2D eigenvalue weighted by Gasteiger charge is 2.13. The lowest BCUT2D eigenvalue weighted by Gasteiger charge is -2.16. The highest BCUT2D eigenvalue weighted by molar-refractivity contribution is 6.07. The molecule has 2 aromatic rings. The van der Waals surface area contributed by atoms with E-state index in [9.17, 15) is 4.79 Å². The van der Waals surface area contributed by atoms with Crippen LogP contribution in [0.1, 0.15) is 61.0 Å². The van der Waals surface area contributed by atoms with E-state index < -0.39 is 0 Å². The van der Waals surface area contributed by atoms with Crippen molar-refractivity contribution in [2.24, 2.45) is 0 Å². The summed E-state index contributed by atoms with van der Waals surface area (Å²) in [5.41, 5.74) is 8.78. The number of carbonyl (C=O) groups excluding carboxylic acids is 1. The number of hydrogen-bond acceptors (Lipinski definition) is 4. The van der Waals surface area contributed by atoms with Gasteiger partial charge in [0.1, 0.15) is 11.5 Å². The van der Waals surface area contributed by atoms with Gasteiger partial charge in [-0.1, -0.05) is 32.8 Å². The van der Waals surface area contributed by atoms with Gasteiger partial charge in [0, 0.05) is 11.3 Å². The average molecular weight is 382 g/mol. The quantitative estimate of drug-likeness (QED) is 0.230. The van der Waals surface area contributed by atoms with Gasteiger partial charge in [-0.15, -0.1) is 0 Å². The molecule has 0 unspecified atom stereocenters. The number of nitrogen functional groups attached to an aromatic ring is 1. The first-order chi connectivity index (χ1) is 13.6. The number of hydrogen-bond donors (Lipinski definition) is 1.